The molecule has 132 valence electrons. The Kier molecular flexibility index (Phi) is 4.35. The van der Waals surface area contributed by atoms with E-state index in [1.54, 1.807) is 18.5 Å². The van der Waals surface area contributed by atoms with E-state index in [2.05, 4.69) is 25.2 Å². The third kappa shape index (κ3) is 3.28. The lowest BCUT2D eigenvalue weighted by Crippen LogP contribution is -2.43. The molecule has 3 N–H and O–H groups in total. The van der Waals surface area contributed by atoms with Crippen molar-refractivity contribution >= 4 is 28.6 Å². The van der Waals surface area contributed by atoms with Crippen molar-refractivity contribution < 1.29 is 4.79 Å². The van der Waals surface area contributed by atoms with Gasteiger partial charge in [-0.15, -0.1) is 0 Å². The Balaban J connectivity index is 1.58. The van der Waals surface area contributed by atoms with Gasteiger partial charge in [0.1, 0.15) is 5.82 Å². The van der Waals surface area contributed by atoms with Crippen LogP contribution in [0.4, 0.5) is 11.8 Å². The molecule has 3 heterocycles. The smallest absolute Gasteiger partial charge is 0.249 e. The number of rotatable bonds is 4. The molecule has 0 saturated carbocycles. The van der Waals surface area contributed by atoms with Crippen molar-refractivity contribution in [2.75, 3.05) is 23.3 Å². The predicted octanol–water partition coefficient (Wildman–Crippen LogP) is 2.20. The average molecular weight is 348 g/mol. The van der Waals surface area contributed by atoms with Crippen molar-refractivity contribution in [2.45, 2.75) is 18.9 Å². The topological polar surface area (TPSA) is 97.0 Å². The van der Waals surface area contributed by atoms with Crippen LogP contribution in [0.15, 0.2) is 48.8 Å². The van der Waals surface area contributed by atoms with Crippen LogP contribution < -0.4 is 16.0 Å². The number of hydrogen-bond acceptors (Lipinski definition) is 6. The maximum atomic E-state index is 11.8. The molecule has 4 rings (SSSR count). The third-order valence-corrected chi connectivity index (χ3v) is 4.59. The number of para-hydroxylation sites is 1. The molecule has 1 fully saturated rings. The van der Waals surface area contributed by atoms with Gasteiger partial charge in [-0.05, 0) is 31.0 Å². The lowest BCUT2D eigenvalue weighted by Gasteiger charge is -2.33. The van der Waals surface area contributed by atoms with Gasteiger partial charge in [0.15, 0.2) is 0 Å². The number of nitrogens with zero attached hydrogens (tertiary/aromatic N) is 4. The average Bonchev–Trinajstić information content (AvgIpc) is 2.68. The number of nitrogens with two attached hydrogens (primary N) is 1. The van der Waals surface area contributed by atoms with Gasteiger partial charge in [-0.2, -0.15) is 0 Å². The minimum Gasteiger partial charge on any atom is -0.366 e. The van der Waals surface area contributed by atoms with Crippen LogP contribution in [-0.2, 0) is 0 Å². The van der Waals surface area contributed by atoms with Crippen LogP contribution in [0.5, 0.6) is 0 Å². The number of primary amides is 1. The molecule has 3 aromatic rings. The first-order chi connectivity index (χ1) is 12.7. The fourth-order valence-electron chi connectivity index (χ4n) is 3.39. The summed E-state index contributed by atoms with van der Waals surface area (Å²) >= 11 is 0. The Morgan fingerprint density at radius 3 is 2.81 bits per heavy atom. The van der Waals surface area contributed by atoms with Crippen LogP contribution in [0.1, 0.15) is 23.2 Å². The van der Waals surface area contributed by atoms with Gasteiger partial charge >= 0.3 is 0 Å². The highest BCUT2D eigenvalue weighted by atomic mass is 16.1. The minimum absolute atomic E-state index is 0.196. The Morgan fingerprint density at radius 1 is 1.19 bits per heavy atom. The summed E-state index contributed by atoms with van der Waals surface area (Å²) in [5.74, 6) is 0.955. The molecule has 1 aromatic carbocycles. The first-order valence-electron chi connectivity index (χ1n) is 8.69. The predicted molar refractivity (Wildman–Crippen MR) is 101 cm³/mol. The number of piperidine rings is 1. The van der Waals surface area contributed by atoms with Gasteiger partial charge < -0.3 is 16.0 Å². The van der Waals surface area contributed by atoms with Gasteiger partial charge in [-0.1, -0.05) is 18.2 Å². The van der Waals surface area contributed by atoms with Crippen LogP contribution in [0.2, 0.25) is 0 Å². The second kappa shape index (κ2) is 6.95. The van der Waals surface area contributed by atoms with E-state index >= 15 is 0 Å². The van der Waals surface area contributed by atoms with Gasteiger partial charge in [0.25, 0.3) is 0 Å². The standard InChI is InChI=1S/C19H20N6O/c20-18(26)15-11-17(24-16-7-2-1-6-14(15)16)23-13-5-3-10-25(12-13)19-21-8-4-9-22-19/h1-2,4,6-9,11,13H,3,5,10,12H2,(H2,20,26)(H,23,24). The summed E-state index contributed by atoms with van der Waals surface area (Å²) in [7, 11) is 0. The lowest BCUT2D eigenvalue weighted by atomic mass is 10.1. The summed E-state index contributed by atoms with van der Waals surface area (Å²) < 4.78 is 0. The number of hydrogen-bond donors (Lipinski definition) is 2. The summed E-state index contributed by atoms with van der Waals surface area (Å²) in [6.45, 7) is 1.71. The van der Waals surface area contributed by atoms with E-state index in [0.29, 0.717) is 11.4 Å². The first kappa shape index (κ1) is 16.3. The largest absolute Gasteiger partial charge is 0.366 e. The maximum absolute atomic E-state index is 11.8. The fraction of sp³-hybridized carbons (Fsp3) is 0.263. The van der Waals surface area contributed by atoms with Crippen LogP contribution in [-0.4, -0.2) is 40.0 Å². The zero-order chi connectivity index (χ0) is 17.9. The second-order valence-corrected chi connectivity index (χ2v) is 6.41. The zero-order valence-electron chi connectivity index (χ0n) is 14.3. The lowest BCUT2D eigenvalue weighted by molar-refractivity contribution is 0.100. The van der Waals surface area contributed by atoms with Crippen molar-refractivity contribution in [2.24, 2.45) is 5.73 Å². The molecule has 0 radical (unpaired) electrons. The van der Waals surface area contributed by atoms with Crippen molar-refractivity contribution in [3.8, 4) is 0 Å². The Hall–Kier alpha value is -3.22. The molecule has 1 atom stereocenters. The highest BCUT2D eigenvalue weighted by molar-refractivity contribution is 6.06. The summed E-state index contributed by atoms with van der Waals surface area (Å²) in [5.41, 5.74) is 6.80. The highest BCUT2D eigenvalue weighted by Gasteiger charge is 2.22. The minimum atomic E-state index is -0.449. The first-order valence-corrected chi connectivity index (χ1v) is 8.69. The van der Waals surface area contributed by atoms with E-state index in [1.807, 2.05) is 30.3 Å². The van der Waals surface area contributed by atoms with E-state index in [4.69, 9.17) is 5.73 Å². The third-order valence-electron chi connectivity index (χ3n) is 4.59. The van der Waals surface area contributed by atoms with Crippen LogP contribution >= 0.6 is 0 Å². The summed E-state index contributed by atoms with van der Waals surface area (Å²) in [4.78, 5) is 27.3. The number of aromatic nitrogens is 3. The second-order valence-electron chi connectivity index (χ2n) is 6.41. The molecule has 1 aliphatic rings. The molecule has 1 unspecified atom stereocenters. The van der Waals surface area contributed by atoms with Gasteiger partial charge in [0, 0.05) is 36.9 Å². The van der Waals surface area contributed by atoms with E-state index in [0.717, 1.165) is 42.8 Å². The maximum Gasteiger partial charge on any atom is 0.249 e. The molecule has 1 aliphatic heterocycles. The van der Waals surface area contributed by atoms with Crippen molar-refractivity contribution in [1.82, 2.24) is 15.0 Å². The Labute approximate surface area is 151 Å². The van der Waals surface area contributed by atoms with Crippen molar-refractivity contribution in [3.63, 3.8) is 0 Å². The number of fused-ring (bicyclic) bond motifs is 1. The zero-order valence-corrected chi connectivity index (χ0v) is 14.3. The van der Waals surface area contributed by atoms with E-state index in [1.165, 1.54) is 0 Å². The van der Waals surface area contributed by atoms with Gasteiger partial charge in [0.2, 0.25) is 11.9 Å². The summed E-state index contributed by atoms with van der Waals surface area (Å²) in [6, 6.07) is 11.3. The fourth-order valence-corrected chi connectivity index (χ4v) is 3.39. The molecule has 7 heteroatoms. The molecule has 0 bridgehead atoms. The Bertz CT molecular complexity index is 930. The van der Waals surface area contributed by atoms with Crippen LogP contribution in [0, 0.1) is 0 Å². The van der Waals surface area contributed by atoms with Crippen molar-refractivity contribution in [3.05, 3.63) is 54.4 Å². The van der Waals surface area contributed by atoms with E-state index in [-0.39, 0.29) is 6.04 Å². The molecule has 2 aromatic heterocycles. The molecule has 0 spiro atoms. The number of carbonyl (C=O) groups is 1. The van der Waals surface area contributed by atoms with Gasteiger partial charge in [0.05, 0.1) is 11.1 Å². The van der Waals surface area contributed by atoms with E-state index in [9.17, 15) is 4.79 Å². The number of anilines is 2. The summed E-state index contributed by atoms with van der Waals surface area (Å²) in [6.07, 6.45) is 5.56. The van der Waals surface area contributed by atoms with Gasteiger partial charge in [-0.3, -0.25) is 4.79 Å². The van der Waals surface area contributed by atoms with Crippen LogP contribution in [0.3, 0.4) is 0 Å². The Morgan fingerprint density at radius 2 is 2.00 bits per heavy atom. The number of nitrogens with one attached hydrogen (secondary N) is 1. The van der Waals surface area contributed by atoms with E-state index < -0.39 is 5.91 Å². The molecule has 26 heavy (non-hydrogen) atoms. The van der Waals surface area contributed by atoms with Crippen LogP contribution in [0.25, 0.3) is 10.9 Å². The quantitative estimate of drug-likeness (QED) is 0.750. The summed E-state index contributed by atoms with van der Waals surface area (Å²) in [5, 5.41) is 4.22. The number of amides is 1. The number of pyridine rings is 1. The van der Waals surface area contributed by atoms with Gasteiger partial charge in [-0.25, -0.2) is 15.0 Å². The number of benzene rings is 1. The molecular formula is C19H20N6O. The van der Waals surface area contributed by atoms with Crippen molar-refractivity contribution in [1.29, 1.82) is 0 Å². The highest BCUT2D eigenvalue weighted by Crippen LogP contribution is 2.23. The monoisotopic (exact) mass is 348 g/mol. The molecule has 1 saturated heterocycles. The SMILES string of the molecule is NC(=O)c1cc(NC2CCCN(c3ncccn3)C2)nc2ccccc12. The molecular weight excluding hydrogens is 328 g/mol. The molecule has 0 aliphatic carbocycles. The normalized spacial score (nSPS) is 17.2. The molecule has 7 nitrogen and oxygen atoms in total. The number of carbonyl (C=O) groups excluding carboxylic acids is 1. The molecule has 1 amide bonds.